The van der Waals surface area contributed by atoms with Gasteiger partial charge in [0.15, 0.2) is 0 Å². The minimum absolute atomic E-state index is 0.000283. The van der Waals surface area contributed by atoms with Gasteiger partial charge in [0.25, 0.3) is 0 Å². The van der Waals surface area contributed by atoms with Gasteiger partial charge in [-0.05, 0) is 44.1 Å². The highest BCUT2D eigenvalue weighted by atomic mass is 16.5. The van der Waals surface area contributed by atoms with Crippen LogP contribution < -0.4 is 0 Å². The van der Waals surface area contributed by atoms with Crippen LogP contribution >= 0.6 is 0 Å². The first-order valence-corrected chi connectivity index (χ1v) is 12.1. The molecule has 6 aliphatic rings. The standard InChI is InChI=1S/C24H39NO5/c1-5-25-11-22(12-28-2)7-6-18(30-4)24-14-8-13-16(29-3)10-23(27,19(14)20(13)26)15(21(24)25)9-17(22)24/h13-21,26-27H,5-12H2,1-4H3/t13-,14-,15?,16+,17-,18+,19-,20+,21-,22+,23+,24-/m1/s1. The Morgan fingerprint density at radius 1 is 1.10 bits per heavy atom. The molecule has 5 aliphatic carbocycles. The second kappa shape index (κ2) is 6.42. The molecular weight excluding hydrogens is 382 g/mol. The lowest BCUT2D eigenvalue weighted by Gasteiger charge is -2.69. The van der Waals surface area contributed by atoms with Crippen molar-refractivity contribution in [1.29, 1.82) is 0 Å². The topological polar surface area (TPSA) is 71.4 Å². The van der Waals surface area contributed by atoms with Gasteiger partial charge in [0, 0.05) is 68.9 Å². The number of methoxy groups -OCH3 is 3. The number of aliphatic hydroxyl groups is 2. The van der Waals surface area contributed by atoms with Gasteiger partial charge in [0.05, 0.1) is 30.5 Å². The third kappa shape index (κ3) is 2.00. The number of nitrogens with zero attached hydrogens (tertiary/aromatic N) is 1. The van der Waals surface area contributed by atoms with Crippen molar-refractivity contribution in [2.24, 2.45) is 40.4 Å². The van der Waals surface area contributed by atoms with Crippen molar-refractivity contribution < 1.29 is 24.4 Å². The third-order valence-corrected chi connectivity index (χ3v) is 11.2. The molecule has 6 fully saturated rings. The van der Waals surface area contributed by atoms with E-state index in [0.29, 0.717) is 18.4 Å². The molecule has 30 heavy (non-hydrogen) atoms. The maximum Gasteiger partial charge on any atom is 0.0771 e. The van der Waals surface area contributed by atoms with Crippen molar-refractivity contribution in [2.75, 3.05) is 41.0 Å². The molecule has 0 aromatic rings. The van der Waals surface area contributed by atoms with Crippen LogP contribution in [0.2, 0.25) is 0 Å². The van der Waals surface area contributed by atoms with Crippen LogP contribution in [0.25, 0.3) is 0 Å². The Morgan fingerprint density at radius 2 is 1.90 bits per heavy atom. The molecule has 0 radical (unpaired) electrons. The highest BCUT2D eigenvalue weighted by molar-refractivity contribution is 5.33. The van der Waals surface area contributed by atoms with Crippen LogP contribution in [0.1, 0.15) is 39.0 Å². The van der Waals surface area contributed by atoms with Gasteiger partial charge in [0.1, 0.15) is 0 Å². The molecule has 1 spiro atoms. The molecule has 1 heterocycles. The van der Waals surface area contributed by atoms with Gasteiger partial charge in [-0.1, -0.05) is 6.92 Å². The lowest BCUT2D eigenvalue weighted by atomic mass is 9.43. The molecule has 1 aliphatic heterocycles. The fraction of sp³-hybridized carbons (Fsp3) is 1.00. The minimum Gasteiger partial charge on any atom is -0.392 e. The SMILES string of the molecule is CCN1C[C@]2(COC)CC[C@H](OC)[C@@]34[C@@H]5C[C@H]6[C@H](O)[C@@H]5[C@](O)(C[C@@H]6OC)C(C[C@H]23)[C@@H]14. The molecule has 1 saturated heterocycles. The predicted molar refractivity (Wildman–Crippen MR) is 111 cm³/mol. The van der Waals surface area contributed by atoms with Crippen molar-refractivity contribution in [3.8, 4) is 0 Å². The Kier molecular flexibility index (Phi) is 4.36. The Bertz CT molecular complexity index is 720. The molecule has 0 amide bonds. The van der Waals surface area contributed by atoms with Crippen molar-refractivity contribution in [1.82, 2.24) is 4.90 Å². The number of aliphatic hydroxyl groups excluding tert-OH is 1. The van der Waals surface area contributed by atoms with E-state index < -0.39 is 11.7 Å². The van der Waals surface area contributed by atoms with Gasteiger partial charge in [-0.2, -0.15) is 0 Å². The van der Waals surface area contributed by atoms with Gasteiger partial charge in [0.2, 0.25) is 0 Å². The summed E-state index contributed by atoms with van der Waals surface area (Å²) in [6, 6.07) is 0.329. The smallest absolute Gasteiger partial charge is 0.0771 e. The molecular formula is C24H39NO5. The van der Waals surface area contributed by atoms with Gasteiger partial charge in [-0.3, -0.25) is 4.90 Å². The maximum atomic E-state index is 12.4. The molecule has 6 rings (SSSR count). The number of rotatable bonds is 5. The highest BCUT2D eigenvalue weighted by Gasteiger charge is 2.83. The zero-order chi connectivity index (χ0) is 21.1. The van der Waals surface area contributed by atoms with Gasteiger partial charge < -0.3 is 24.4 Å². The van der Waals surface area contributed by atoms with Crippen molar-refractivity contribution >= 4 is 0 Å². The summed E-state index contributed by atoms with van der Waals surface area (Å²) in [5, 5.41) is 23.8. The van der Waals surface area contributed by atoms with E-state index in [2.05, 4.69) is 11.8 Å². The van der Waals surface area contributed by atoms with E-state index in [4.69, 9.17) is 14.2 Å². The normalized spacial score (nSPS) is 60.8. The highest BCUT2D eigenvalue weighted by Crippen LogP contribution is 2.79. The summed E-state index contributed by atoms with van der Waals surface area (Å²) in [6.45, 7) is 5.11. The summed E-state index contributed by atoms with van der Waals surface area (Å²) >= 11 is 0. The van der Waals surface area contributed by atoms with Crippen molar-refractivity contribution in [3.05, 3.63) is 0 Å². The van der Waals surface area contributed by atoms with E-state index in [1.54, 1.807) is 7.11 Å². The fourth-order valence-electron chi connectivity index (χ4n) is 10.7. The first-order chi connectivity index (χ1) is 14.4. The summed E-state index contributed by atoms with van der Waals surface area (Å²) < 4.78 is 18.0. The second-order valence-electron chi connectivity index (χ2n) is 11.5. The van der Waals surface area contributed by atoms with E-state index in [1.807, 2.05) is 14.2 Å². The van der Waals surface area contributed by atoms with Crippen molar-refractivity contribution in [3.63, 3.8) is 0 Å². The second-order valence-corrected chi connectivity index (χ2v) is 11.5. The molecule has 6 nitrogen and oxygen atoms in total. The van der Waals surface area contributed by atoms with E-state index in [9.17, 15) is 10.2 Å². The van der Waals surface area contributed by atoms with Gasteiger partial charge >= 0.3 is 0 Å². The molecule has 2 N–H and O–H groups in total. The van der Waals surface area contributed by atoms with Crippen LogP contribution in [0.5, 0.6) is 0 Å². The molecule has 7 bridgehead atoms. The molecule has 1 unspecified atom stereocenters. The average Bonchev–Trinajstić information content (AvgIpc) is 3.15. The van der Waals surface area contributed by atoms with E-state index in [0.717, 1.165) is 45.4 Å². The summed E-state index contributed by atoms with van der Waals surface area (Å²) in [6.07, 6.45) is 4.52. The number of fused-ring (bicyclic) bond motifs is 2. The van der Waals surface area contributed by atoms with Gasteiger partial charge in [-0.25, -0.2) is 0 Å². The van der Waals surface area contributed by atoms with Crippen LogP contribution in [0.4, 0.5) is 0 Å². The Labute approximate surface area is 180 Å². The Hall–Kier alpha value is -0.240. The first-order valence-electron chi connectivity index (χ1n) is 12.1. The Balaban J connectivity index is 1.58. The first kappa shape index (κ1) is 20.4. The molecule has 12 atom stereocenters. The molecule has 170 valence electrons. The zero-order valence-corrected chi connectivity index (χ0v) is 18.9. The number of hydrogen-bond donors (Lipinski definition) is 2. The zero-order valence-electron chi connectivity index (χ0n) is 18.9. The van der Waals surface area contributed by atoms with E-state index in [-0.39, 0.29) is 46.7 Å². The van der Waals surface area contributed by atoms with Crippen LogP contribution in [-0.4, -0.2) is 86.1 Å². The minimum atomic E-state index is -0.847. The molecule has 5 saturated carbocycles. The number of hydrogen-bond acceptors (Lipinski definition) is 6. The lowest BCUT2D eigenvalue weighted by Crippen LogP contribution is -2.76. The number of piperidine rings is 1. The lowest BCUT2D eigenvalue weighted by molar-refractivity contribution is -0.276. The quantitative estimate of drug-likeness (QED) is 0.702. The monoisotopic (exact) mass is 421 g/mol. The Morgan fingerprint density at radius 3 is 2.57 bits per heavy atom. The summed E-state index contributed by atoms with van der Waals surface area (Å²) in [4.78, 5) is 2.67. The fourth-order valence-corrected chi connectivity index (χ4v) is 10.7. The van der Waals surface area contributed by atoms with Crippen LogP contribution in [0.3, 0.4) is 0 Å². The van der Waals surface area contributed by atoms with E-state index in [1.165, 1.54) is 0 Å². The molecule has 0 aromatic heterocycles. The average molecular weight is 422 g/mol. The van der Waals surface area contributed by atoms with Crippen LogP contribution in [0.15, 0.2) is 0 Å². The summed E-state index contributed by atoms with van der Waals surface area (Å²) in [5.74, 6) is 1.03. The number of likely N-dealkylation sites (tertiary alicyclic amines) is 1. The van der Waals surface area contributed by atoms with Crippen LogP contribution in [-0.2, 0) is 14.2 Å². The predicted octanol–water partition coefficient (Wildman–Crippen LogP) is 1.53. The van der Waals surface area contributed by atoms with Crippen LogP contribution in [0, 0.1) is 40.4 Å². The molecule has 0 aromatic carbocycles. The van der Waals surface area contributed by atoms with E-state index >= 15 is 0 Å². The largest absolute Gasteiger partial charge is 0.392 e. The molecule has 6 heteroatoms. The number of ether oxygens (including phenoxy) is 3. The maximum absolute atomic E-state index is 12.4. The summed E-state index contributed by atoms with van der Waals surface area (Å²) in [7, 11) is 5.48. The summed E-state index contributed by atoms with van der Waals surface area (Å²) in [5.41, 5.74) is -0.719. The van der Waals surface area contributed by atoms with Crippen molar-refractivity contribution in [2.45, 2.75) is 69.0 Å². The third-order valence-electron chi connectivity index (χ3n) is 11.2. The van der Waals surface area contributed by atoms with Gasteiger partial charge in [-0.15, -0.1) is 0 Å².